The lowest BCUT2D eigenvalue weighted by atomic mass is 9.97. The standard InChI is InChI=1S/C19H23N3O2/c1-13-3-4-18-15(7-13)8-17(24-18)11-20-9-14-5-6-23-19(14)16-10-21-22(2)12-16/h3-4,7-8,10,12,14,19-20H,5-6,9,11H2,1-2H3/t14-,19-/m1/s1. The van der Waals surface area contributed by atoms with Crippen LogP contribution in [0, 0.1) is 12.8 Å². The Kier molecular flexibility index (Phi) is 4.12. The molecule has 1 saturated heterocycles. The number of aromatic nitrogens is 2. The lowest BCUT2D eigenvalue weighted by molar-refractivity contribution is 0.0903. The molecular weight excluding hydrogens is 302 g/mol. The second-order valence-electron chi connectivity index (χ2n) is 6.67. The van der Waals surface area contributed by atoms with Crippen molar-refractivity contribution in [1.82, 2.24) is 15.1 Å². The van der Waals surface area contributed by atoms with Gasteiger partial charge in [0.15, 0.2) is 0 Å². The lowest BCUT2D eigenvalue weighted by Crippen LogP contribution is -2.24. The summed E-state index contributed by atoms with van der Waals surface area (Å²) >= 11 is 0. The molecule has 1 aromatic carbocycles. The Balaban J connectivity index is 1.37. The maximum Gasteiger partial charge on any atom is 0.134 e. The van der Waals surface area contributed by atoms with Crippen LogP contribution < -0.4 is 5.32 Å². The molecule has 1 fully saturated rings. The van der Waals surface area contributed by atoms with Crippen molar-refractivity contribution in [3.8, 4) is 0 Å². The van der Waals surface area contributed by atoms with Gasteiger partial charge in [-0.25, -0.2) is 0 Å². The second-order valence-corrected chi connectivity index (χ2v) is 6.67. The van der Waals surface area contributed by atoms with Crippen LogP contribution in [0.15, 0.2) is 41.1 Å². The molecule has 126 valence electrons. The Morgan fingerprint density at radius 2 is 2.25 bits per heavy atom. The fourth-order valence-electron chi connectivity index (χ4n) is 3.48. The van der Waals surface area contributed by atoms with E-state index >= 15 is 0 Å². The van der Waals surface area contributed by atoms with Gasteiger partial charge in [0.25, 0.3) is 0 Å². The predicted molar refractivity (Wildman–Crippen MR) is 92.7 cm³/mol. The van der Waals surface area contributed by atoms with E-state index in [0.29, 0.717) is 5.92 Å². The molecule has 5 heteroatoms. The maximum absolute atomic E-state index is 5.91. The zero-order chi connectivity index (χ0) is 16.5. The minimum absolute atomic E-state index is 0.143. The van der Waals surface area contributed by atoms with Crippen molar-refractivity contribution in [1.29, 1.82) is 0 Å². The predicted octanol–water partition coefficient (Wildman–Crippen LogP) is 3.34. The number of aryl methyl sites for hydroxylation is 2. The molecule has 0 unspecified atom stereocenters. The van der Waals surface area contributed by atoms with Gasteiger partial charge in [0.05, 0.1) is 18.8 Å². The summed E-state index contributed by atoms with van der Waals surface area (Å²) in [5.74, 6) is 1.45. The first-order chi connectivity index (χ1) is 11.7. The fraction of sp³-hybridized carbons (Fsp3) is 0.421. The highest BCUT2D eigenvalue weighted by Crippen LogP contribution is 2.33. The highest BCUT2D eigenvalue weighted by atomic mass is 16.5. The van der Waals surface area contributed by atoms with Crippen LogP contribution in [0.4, 0.5) is 0 Å². The number of rotatable bonds is 5. The van der Waals surface area contributed by atoms with E-state index in [1.165, 1.54) is 16.5 Å². The number of ether oxygens (including phenoxy) is 1. The summed E-state index contributed by atoms with van der Waals surface area (Å²) in [7, 11) is 1.94. The molecule has 4 rings (SSSR count). The molecule has 0 spiro atoms. The van der Waals surface area contributed by atoms with Gasteiger partial charge in [0.1, 0.15) is 11.3 Å². The molecule has 1 N–H and O–H groups in total. The number of fused-ring (bicyclic) bond motifs is 1. The van der Waals surface area contributed by atoms with Crippen molar-refractivity contribution < 1.29 is 9.15 Å². The molecule has 0 radical (unpaired) electrons. The van der Waals surface area contributed by atoms with E-state index in [2.05, 4.69) is 35.5 Å². The van der Waals surface area contributed by atoms with E-state index in [4.69, 9.17) is 9.15 Å². The van der Waals surface area contributed by atoms with Gasteiger partial charge in [0.2, 0.25) is 0 Å². The Bertz CT molecular complexity index is 836. The Morgan fingerprint density at radius 1 is 1.33 bits per heavy atom. The van der Waals surface area contributed by atoms with E-state index in [1.54, 1.807) is 0 Å². The largest absolute Gasteiger partial charge is 0.460 e. The first-order valence-electron chi connectivity index (χ1n) is 8.49. The summed E-state index contributed by atoms with van der Waals surface area (Å²) in [4.78, 5) is 0. The number of nitrogens with one attached hydrogen (secondary N) is 1. The third-order valence-corrected chi connectivity index (χ3v) is 4.70. The molecule has 24 heavy (non-hydrogen) atoms. The third-order valence-electron chi connectivity index (χ3n) is 4.70. The monoisotopic (exact) mass is 325 g/mol. The molecule has 5 nitrogen and oxygen atoms in total. The van der Waals surface area contributed by atoms with Crippen LogP contribution in [-0.4, -0.2) is 22.9 Å². The van der Waals surface area contributed by atoms with E-state index in [0.717, 1.165) is 37.5 Å². The van der Waals surface area contributed by atoms with Gasteiger partial charge in [-0.3, -0.25) is 4.68 Å². The number of nitrogens with zero attached hydrogens (tertiary/aromatic N) is 2. The zero-order valence-corrected chi connectivity index (χ0v) is 14.2. The number of furan rings is 1. The normalized spacial score (nSPS) is 20.9. The first-order valence-corrected chi connectivity index (χ1v) is 8.49. The van der Waals surface area contributed by atoms with Crippen molar-refractivity contribution in [3.05, 3.63) is 53.5 Å². The van der Waals surface area contributed by atoms with Crippen LogP contribution in [0.25, 0.3) is 11.0 Å². The van der Waals surface area contributed by atoms with Crippen LogP contribution in [0.1, 0.15) is 29.4 Å². The first kappa shape index (κ1) is 15.4. The molecule has 3 heterocycles. The summed E-state index contributed by atoms with van der Waals surface area (Å²) in [5, 5.41) is 8.95. The van der Waals surface area contributed by atoms with E-state index in [9.17, 15) is 0 Å². The van der Waals surface area contributed by atoms with E-state index in [1.807, 2.05) is 30.2 Å². The molecule has 0 bridgehead atoms. The number of benzene rings is 1. The van der Waals surface area contributed by atoms with E-state index in [-0.39, 0.29) is 6.10 Å². The Hall–Kier alpha value is -2.11. The average Bonchev–Trinajstić information content (AvgIpc) is 3.26. The molecule has 2 atom stereocenters. The lowest BCUT2D eigenvalue weighted by Gasteiger charge is -2.17. The van der Waals surface area contributed by atoms with Gasteiger partial charge in [0, 0.05) is 43.3 Å². The van der Waals surface area contributed by atoms with Gasteiger partial charge < -0.3 is 14.5 Å². The smallest absolute Gasteiger partial charge is 0.134 e. The maximum atomic E-state index is 5.91. The Labute approximate surface area is 141 Å². The molecule has 0 aliphatic carbocycles. The van der Waals surface area contributed by atoms with Crippen LogP contribution in [0.3, 0.4) is 0 Å². The van der Waals surface area contributed by atoms with Gasteiger partial charge in [-0.1, -0.05) is 11.6 Å². The molecular formula is C19H23N3O2. The second kappa shape index (κ2) is 6.42. The topological polar surface area (TPSA) is 52.2 Å². The summed E-state index contributed by atoms with van der Waals surface area (Å²) in [6, 6.07) is 8.40. The molecule has 0 saturated carbocycles. The quantitative estimate of drug-likeness (QED) is 0.782. The van der Waals surface area contributed by atoms with Crippen molar-refractivity contribution in [2.24, 2.45) is 13.0 Å². The van der Waals surface area contributed by atoms with Crippen molar-refractivity contribution in [2.75, 3.05) is 13.2 Å². The highest BCUT2D eigenvalue weighted by Gasteiger charge is 2.30. The van der Waals surface area contributed by atoms with E-state index < -0.39 is 0 Å². The summed E-state index contributed by atoms with van der Waals surface area (Å²) in [5.41, 5.74) is 3.38. The number of hydrogen-bond acceptors (Lipinski definition) is 4. The SMILES string of the molecule is Cc1ccc2oc(CNC[C@H]3CCO[C@H]3c3cnn(C)c3)cc2c1. The highest BCUT2D eigenvalue weighted by molar-refractivity contribution is 5.78. The van der Waals surface area contributed by atoms with Crippen molar-refractivity contribution in [2.45, 2.75) is 26.0 Å². The van der Waals surface area contributed by atoms with Crippen LogP contribution in [0.2, 0.25) is 0 Å². The Morgan fingerprint density at radius 3 is 3.08 bits per heavy atom. The summed E-state index contributed by atoms with van der Waals surface area (Å²) in [6.07, 6.45) is 5.17. The molecule has 3 aromatic rings. The fourth-order valence-corrected chi connectivity index (χ4v) is 3.48. The molecule has 2 aromatic heterocycles. The molecule has 0 amide bonds. The van der Waals surface area contributed by atoms with Gasteiger partial charge in [-0.2, -0.15) is 5.10 Å². The average molecular weight is 325 g/mol. The molecule has 1 aliphatic rings. The van der Waals surface area contributed by atoms with Crippen molar-refractivity contribution in [3.63, 3.8) is 0 Å². The van der Waals surface area contributed by atoms with Crippen LogP contribution >= 0.6 is 0 Å². The zero-order valence-electron chi connectivity index (χ0n) is 14.2. The van der Waals surface area contributed by atoms with Gasteiger partial charge in [-0.05, 0) is 31.5 Å². The minimum Gasteiger partial charge on any atom is -0.460 e. The minimum atomic E-state index is 0.143. The van der Waals surface area contributed by atoms with Crippen LogP contribution in [0.5, 0.6) is 0 Å². The summed E-state index contributed by atoms with van der Waals surface area (Å²) in [6.45, 7) is 4.57. The third kappa shape index (κ3) is 3.09. The summed E-state index contributed by atoms with van der Waals surface area (Å²) < 4.78 is 13.6. The number of hydrogen-bond donors (Lipinski definition) is 1. The van der Waals surface area contributed by atoms with Crippen molar-refractivity contribution >= 4 is 11.0 Å². The van der Waals surface area contributed by atoms with Gasteiger partial charge in [-0.15, -0.1) is 0 Å². The van der Waals surface area contributed by atoms with Crippen LogP contribution in [-0.2, 0) is 18.3 Å². The van der Waals surface area contributed by atoms with Gasteiger partial charge >= 0.3 is 0 Å². The molecule has 1 aliphatic heterocycles.